The first-order valence-electron chi connectivity index (χ1n) is 9.84. The summed E-state index contributed by atoms with van der Waals surface area (Å²) in [5.74, 6) is -0.468. The molecule has 0 spiro atoms. The van der Waals surface area contributed by atoms with Gasteiger partial charge in [0.25, 0.3) is 0 Å². The molecule has 1 N–H and O–H groups in total. The van der Waals surface area contributed by atoms with Crippen molar-refractivity contribution in [3.05, 3.63) is 40.6 Å². The van der Waals surface area contributed by atoms with Crippen molar-refractivity contribution >= 4 is 11.5 Å². The third-order valence-corrected chi connectivity index (χ3v) is 5.36. The Hall–Kier alpha value is -3.02. The van der Waals surface area contributed by atoms with Crippen molar-refractivity contribution in [3.63, 3.8) is 0 Å². The van der Waals surface area contributed by atoms with Gasteiger partial charge in [-0.2, -0.15) is 0 Å². The van der Waals surface area contributed by atoms with Crippen molar-refractivity contribution in [3.8, 4) is 11.8 Å². The van der Waals surface area contributed by atoms with E-state index in [9.17, 15) is 23.3 Å². The van der Waals surface area contributed by atoms with Crippen molar-refractivity contribution in [2.24, 2.45) is 0 Å². The maximum absolute atomic E-state index is 12.2. The Kier molecular flexibility index (Phi) is 5.42. The first-order valence-corrected chi connectivity index (χ1v) is 9.84. The minimum Gasteiger partial charge on any atom is -0.436 e. The van der Waals surface area contributed by atoms with E-state index in [1.807, 2.05) is 6.92 Å². The van der Waals surface area contributed by atoms with Crippen LogP contribution in [0.3, 0.4) is 0 Å². The summed E-state index contributed by atoms with van der Waals surface area (Å²) in [6, 6.07) is 6.20. The van der Waals surface area contributed by atoms with Crippen LogP contribution in [-0.2, 0) is 6.54 Å². The van der Waals surface area contributed by atoms with Crippen molar-refractivity contribution in [2.75, 3.05) is 25.0 Å². The molecule has 31 heavy (non-hydrogen) atoms. The van der Waals surface area contributed by atoms with E-state index in [0.717, 1.165) is 31.6 Å². The Morgan fingerprint density at radius 2 is 2.00 bits per heavy atom. The average molecular weight is 441 g/mol. The molecule has 4 rings (SSSR count). The zero-order valence-corrected chi connectivity index (χ0v) is 16.8. The molecule has 2 aromatic rings. The summed E-state index contributed by atoms with van der Waals surface area (Å²) in [4.78, 5) is 16.5. The van der Waals surface area contributed by atoms with E-state index in [2.05, 4.69) is 19.9 Å². The third-order valence-electron chi connectivity index (χ3n) is 5.36. The van der Waals surface area contributed by atoms with Crippen LogP contribution in [0.2, 0.25) is 0 Å². The number of benzene rings is 1. The van der Waals surface area contributed by atoms with Gasteiger partial charge < -0.3 is 24.9 Å². The number of hydrogen-bond acceptors (Lipinski definition) is 7. The molecule has 2 aliphatic heterocycles. The summed E-state index contributed by atoms with van der Waals surface area (Å²) in [6.45, 7) is 4.78. The van der Waals surface area contributed by atoms with E-state index >= 15 is 0 Å². The van der Waals surface area contributed by atoms with Crippen molar-refractivity contribution in [1.29, 1.82) is 0 Å². The number of nitrogens with one attached hydrogen (secondary N) is 1. The number of aromatic nitrogens is 2. The quantitative estimate of drug-likeness (QED) is 0.542. The highest BCUT2D eigenvalue weighted by atomic mass is 19.4. The highest BCUT2D eigenvalue weighted by Gasteiger charge is 2.41. The number of nitrogens with zero attached hydrogens (tertiary/aromatic N) is 4. The van der Waals surface area contributed by atoms with Crippen LogP contribution in [0.4, 0.5) is 24.7 Å². The second-order valence-corrected chi connectivity index (χ2v) is 8.09. The molecule has 1 saturated heterocycles. The lowest BCUT2D eigenvalue weighted by molar-refractivity contribution is -0.389. The van der Waals surface area contributed by atoms with Gasteiger partial charge in [0.1, 0.15) is 17.5 Å². The molecule has 9 nitrogen and oxygen atoms in total. The smallest absolute Gasteiger partial charge is 0.436 e. The summed E-state index contributed by atoms with van der Waals surface area (Å²) in [5.41, 5.74) is 0.234. The zero-order chi connectivity index (χ0) is 22.2. The number of halogens is 3. The van der Waals surface area contributed by atoms with Gasteiger partial charge in [-0.05, 0) is 49.0 Å². The van der Waals surface area contributed by atoms with Crippen LogP contribution < -0.4 is 14.8 Å². The minimum absolute atomic E-state index is 0.209. The largest absolute Gasteiger partial charge is 0.573 e. The minimum atomic E-state index is -4.70. The lowest BCUT2D eigenvalue weighted by Crippen LogP contribution is -2.49. The van der Waals surface area contributed by atoms with Gasteiger partial charge in [-0.3, -0.25) is 9.47 Å². The molecule has 2 aliphatic rings. The van der Waals surface area contributed by atoms with E-state index < -0.39 is 16.9 Å². The summed E-state index contributed by atoms with van der Waals surface area (Å²) >= 11 is 0. The van der Waals surface area contributed by atoms with E-state index in [1.165, 1.54) is 18.3 Å². The zero-order valence-electron chi connectivity index (χ0n) is 16.8. The number of piperidine rings is 1. The summed E-state index contributed by atoms with van der Waals surface area (Å²) in [5, 5.41) is 14.2. The first-order chi connectivity index (χ1) is 14.6. The maximum atomic E-state index is 12.2. The Balaban J connectivity index is 1.24. The van der Waals surface area contributed by atoms with Gasteiger partial charge in [0.05, 0.1) is 6.54 Å². The highest BCUT2D eigenvalue weighted by Crippen LogP contribution is 2.32. The summed E-state index contributed by atoms with van der Waals surface area (Å²) in [7, 11) is 0. The van der Waals surface area contributed by atoms with Gasteiger partial charge in [0.2, 0.25) is 0 Å². The van der Waals surface area contributed by atoms with Crippen LogP contribution in [0.1, 0.15) is 19.8 Å². The standard InChI is InChI=1S/C19H22F3N5O4/c1-18(12-26-10-16(27(28)29)24-17(26)31-18)11-25-8-6-14(7-9-25)23-13-2-4-15(5-3-13)30-19(20,21)22/h2-5,10,14,23H,6-9,11-12H2,1H3. The third kappa shape index (κ3) is 5.19. The molecule has 1 fully saturated rings. The van der Waals surface area contributed by atoms with Crippen LogP contribution in [0.5, 0.6) is 11.8 Å². The highest BCUT2D eigenvalue weighted by molar-refractivity contribution is 5.47. The van der Waals surface area contributed by atoms with Gasteiger partial charge in [0, 0.05) is 36.3 Å². The molecule has 1 aromatic carbocycles. The Bertz CT molecular complexity index is 916. The van der Waals surface area contributed by atoms with Crippen LogP contribution >= 0.6 is 0 Å². The van der Waals surface area contributed by atoms with Crippen LogP contribution in [0, 0.1) is 10.1 Å². The number of ether oxygens (including phenoxy) is 2. The molecule has 0 aliphatic carbocycles. The van der Waals surface area contributed by atoms with Crippen molar-refractivity contribution < 1.29 is 27.6 Å². The topological polar surface area (TPSA) is 94.7 Å². The lowest BCUT2D eigenvalue weighted by atomic mass is 10.0. The monoisotopic (exact) mass is 441 g/mol. The molecule has 1 unspecified atom stereocenters. The number of hydrogen-bond donors (Lipinski definition) is 1. The predicted octanol–water partition coefficient (Wildman–Crippen LogP) is 3.42. The second-order valence-electron chi connectivity index (χ2n) is 8.09. The van der Waals surface area contributed by atoms with Gasteiger partial charge in [-0.15, -0.1) is 13.2 Å². The normalized spacial score (nSPS) is 22.1. The predicted molar refractivity (Wildman–Crippen MR) is 104 cm³/mol. The second kappa shape index (κ2) is 7.91. The first kappa shape index (κ1) is 21.2. The Morgan fingerprint density at radius 1 is 1.32 bits per heavy atom. The Labute approximate surface area is 175 Å². The molecule has 3 heterocycles. The molecule has 168 valence electrons. The average Bonchev–Trinajstić information content (AvgIpc) is 3.19. The van der Waals surface area contributed by atoms with E-state index in [-0.39, 0.29) is 23.6 Å². The number of fused-ring (bicyclic) bond motifs is 1. The van der Waals surface area contributed by atoms with Crippen LogP contribution in [0.15, 0.2) is 30.5 Å². The molecule has 12 heteroatoms. The number of nitro groups is 1. The number of imidazole rings is 1. The van der Waals surface area contributed by atoms with E-state index in [1.54, 1.807) is 16.7 Å². The number of rotatable bonds is 6. The van der Waals surface area contributed by atoms with E-state index in [4.69, 9.17) is 4.74 Å². The SMILES string of the molecule is CC1(CN2CCC(Nc3ccc(OC(F)(F)F)cc3)CC2)Cn2cc([N+](=O)[O-])nc2O1. The number of anilines is 1. The fourth-order valence-corrected chi connectivity index (χ4v) is 4.06. The van der Waals surface area contributed by atoms with Gasteiger partial charge in [-0.25, -0.2) is 0 Å². The molecular weight excluding hydrogens is 419 g/mol. The molecule has 0 radical (unpaired) electrons. The van der Waals surface area contributed by atoms with Crippen LogP contribution in [0.25, 0.3) is 0 Å². The molecule has 0 amide bonds. The van der Waals surface area contributed by atoms with Gasteiger partial charge >= 0.3 is 18.2 Å². The summed E-state index contributed by atoms with van der Waals surface area (Å²) < 4.78 is 48.2. The number of likely N-dealkylation sites (tertiary alicyclic amines) is 1. The number of alkyl halides is 3. The van der Waals surface area contributed by atoms with Crippen molar-refractivity contribution in [1.82, 2.24) is 14.5 Å². The molecule has 1 atom stereocenters. The molecule has 1 aromatic heterocycles. The molecule has 0 bridgehead atoms. The maximum Gasteiger partial charge on any atom is 0.573 e. The fourth-order valence-electron chi connectivity index (χ4n) is 4.06. The van der Waals surface area contributed by atoms with Crippen LogP contribution in [-0.4, -0.2) is 57.0 Å². The lowest BCUT2D eigenvalue weighted by Gasteiger charge is -2.36. The Morgan fingerprint density at radius 3 is 2.58 bits per heavy atom. The molecular formula is C19H22F3N5O4. The summed E-state index contributed by atoms with van der Waals surface area (Å²) in [6.07, 6.45) is -1.57. The fraction of sp³-hybridized carbons (Fsp3) is 0.526. The van der Waals surface area contributed by atoms with Gasteiger partial charge in [0.15, 0.2) is 0 Å². The molecule has 0 saturated carbocycles. The van der Waals surface area contributed by atoms with Gasteiger partial charge in [-0.1, -0.05) is 0 Å². The van der Waals surface area contributed by atoms with Crippen molar-refractivity contribution in [2.45, 2.75) is 44.3 Å². The van der Waals surface area contributed by atoms with E-state index in [0.29, 0.717) is 13.1 Å².